The minimum atomic E-state index is -1.30. The van der Waals surface area contributed by atoms with Gasteiger partial charge in [0.05, 0.1) is 10.8 Å². The van der Waals surface area contributed by atoms with Crippen LogP contribution in [0.15, 0.2) is 23.1 Å². The van der Waals surface area contributed by atoms with E-state index in [0.29, 0.717) is 14.9 Å². The van der Waals surface area contributed by atoms with E-state index in [0.717, 1.165) is 0 Å². The zero-order valence-electron chi connectivity index (χ0n) is 10.4. The van der Waals surface area contributed by atoms with Gasteiger partial charge in [-0.05, 0) is 32.0 Å². The van der Waals surface area contributed by atoms with E-state index in [4.69, 9.17) is 28.3 Å². The smallest absolute Gasteiger partial charge is 0.328 e. The summed E-state index contributed by atoms with van der Waals surface area (Å²) in [6.07, 6.45) is 0. The third kappa shape index (κ3) is 4.93. The van der Waals surface area contributed by atoms with Crippen LogP contribution < -0.4 is 5.32 Å². The maximum Gasteiger partial charge on any atom is 0.328 e. The molecule has 1 aromatic rings. The number of thioether (sulfide) groups is 1. The van der Waals surface area contributed by atoms with Crippen molar-refractivity contribution in [1.82, 2.24) is 5.32 Å². The number of carboxylic acid groups (broad SMARTS) is 1. The third-order valence-electron chi connectivity index (χ3n) is 2.24. The summed E-state index contributed by atoms with van der Waals surface area (Å²) < 4.78 is 0. The van der Waals surface area contributed by atoms with Gasteiger partial charge in [0.25, 0.3) is 0 Å². The van der Waals surface area contributed by atoms with Gasteiger partial charge in [0.1, 0.15) is 5.54 Å². The second-order valence-corrected chi connectivity index (χ2v) is 6.20. The lowest BCUT2D eigenvalue weighted by Gasteiger charge is -2.20. The molecule has 0 aliphatic heterocycles. The zero-order chi connectivity index (χ0) is 14.6. The molecular weight excluding hydrogens is 309 g/mol. The number of aliphatic carboxylic acids is 1. The van der Waals surface area contributed by atoms with Crippen molar-refractivity contribution in [1.29, 1.82) is 0 Å². The molecule has 104 valence electrons. The number of halogens is 2. The Kier molecular flexibility index (Phi) is 5.52. The summed E-state index contributed by atoms with van der Waals surface area (Å²) in [6, 6.07) is 4.96. The van der Waals surface area contributed by atoms with Crippen molar-refractivity contribution in [2.45, 2.75) is 24.3 Å². The lowest BCUT2D eigenvalue weighted by molar-refractivity contribution is -0.145. The van der Waals surface area contributed by atoms with E-state index in [9.17, 15) is 9.59 Å². The number of carbonyl (C=O) groups is 2. The van der Waals surface area contributed by atoms with E-state index in [1.165, 1.54) is 25.6 Å². The molecule has 0 bridgehead atoms. The first kappa shape index (κ1) is 16.1. The molecule has 0 aromatic heterocycles. The van der Waals surface area contributed by atoms with Gasteiger partial charge in [-0.1, -0.05) is 23.2 Å². The fraction of sp³-hybridized carbons (Fsp3) is 0.333. The van der Waals surface area contributed by atoms with Gasteiger partial charge in [-0.3, -0.25) is 4.79 Å². The SMILES string of the molecule is CC(C)(NC(=O)CSc1cc(Cl)ccc1Cl)C(=O)O. The lowest BCUT2D eigenvalue weighted by Crippen LogP contribution is -2.50. The standard InChI is InChI=1S/C12H13Cl2NO3S/c1-12(2,11(17)18)15-10(16)6-19-9-5-7(13)3-4-8(9)14/h3-5H,6H2,1-2H3,(H,15,16)(H,17,18). The van der Waals surface area contributed by atoms with Gasteiger partial charge in [-0.2, -0.15) is 0 Å². The monoisotopic (exact) mass is 321 g/mol. The maximum atomic E-state index is 11.7. The van der Waals surface area contributed by atoms with Crippen molar-refractivity contribution < 1.29 is 14.7 Å². The van der Waals surface area contributed by atoms with Crippen molar-refractivity contribution in [3.63, 3.8) is 0 Å². The Morgan fingerprint density at radius 3 is 2.58 bits per heavy atom. The molecule has 0 aliphatic carbocycles. The molecule has 0 atom stereocenters. The summed E-state index contributed by atoms with van der Waals surface area (Å²) in [5, 5.41) is 12.3. The van der Waals surface area contributed by atoms with E-state index in [1.54, 1.807) is 18.2 Å². The number of amides is 1. The quantitative estimate of drug-likeness (QED) is 0.818. The van der Waals surface area contributed by atoms with E-state index in [1.807, 2.05) is 0 Å². The lowest BCUT2D eigenvalue weighted by atomic mass is 10.1. The van der Waals surface area contributed by atoms with Crippen molar-refractivity contribution >= 4 is 46.8 Å². The maximum absolute atomic E-state index is 11.7. The molecule has 0 aliphatic rings. The van der Waals surface area contributed by atoms with Crippen LogP contribution in [-0.4, -0.2) is 28.3 Å². The Balaban J connectivity index is 2.60. The largest absolute Gasteiger partial charge is 0.480 e. The molecule has 4 nitrogen and oxygen atoms in total. The molecule has 19 heavy (non-hydrogen) atoms. The molecule has 0 saturated carbocycles. The van der Waals surface area contributed by atoms with Crippen molar-refractivity contribution in [3.05, 3.63) is 28.2 Å². The van der Waals surface area contributed by atoms with Crippen LogP contribution in [0.2, 0.25) is 10.0 Å². The van der Waals surface area contributed by atoms with Crippen LogP contribution >= 0.6 is 35.0 Å². The summed E-state index contributed by atoms with van der Waals surface area (Å²) in [7, 11) is 0. The Morgan fingerprint density at radius 1 is 1.37 bits per heavy atom. The van der Waals surface area contributed by atoms with Gasteiger partial charge in [0.15, 0.2) is 0 Å². The molecule has 0 spiro atoms. The third-order valence-corrected chi connectivity index (χ3v) is 3.97. The van der Waals surface area contributed by atoms with Gasteiger partial charge in [-0.15, -0.1) is 11.8 Å². The van der Waals surface area contributed by atoms with Crippen LogP contribution in [0, 0.1) is 0 Å². The molecule has 0 fully saturated rings. The highest BCUT2D eigenvalue weighted by Gasteiger charge is 2.28. The van der Waals surface area contributed by atoms with Crippen LogP contribution in [0.25, 0.3) is 0 Å². The topological polar surface area (TPSA) is 66.4 Å². The number of nitrogens with one attached hydrogen (secondary N) is 1. The molecule has 1 aromatic carbocycles. The molecule has 2 N–H and O–H groups in total. The van der Waals surface area contributed by atoms with Gasteiger partial charge >= 0.3 is 5.97 Å². The second-order valence-electron chi connectivity index (χ2n) is 4.34. The summed E-state index contributed by atoms with van der Waals surface area (Å²) in [5.41, 5.74) is -1.30. The van der Waals surface area contributed by atoms with Crippen molar-refractivity contribution in [2.75, 3.05) is 5.75 Å². The number of hydrogen-bond acceptors (Lipinski definition) is 3. The number of benzene rings is 1. The van der Waals surface area contributed by atoms with Crippen LogP contribution in [0.5, 0.6) is 0 Å². The minimum Gasteiger partial charge on any atom is -0.480 e. The first-order valence-corrected chi connectivity index (χ1v) is 7.09. The van der Waals surface area contributed by atoms with Crippen molar-refractivity contribution in [2.24, 2.45) is 0 Å². The normalized spacial score (nSPS) is 11.2. The Hall–Kier alpha value is -0.910. The molecule has 0 saturated heterocycles. The first-order chi connectivity index (χ1) is 8.72. The molecule has 1 rings (SSSR count). The molecular formula is C12H13Cl2NO3S. The number of rotatable bonds is 5. The molecule has 0 radical (unpaired) electrons. The average molecular weight is 322 g/mol. The van der Waals surface area contributed by atoms with Crippen LogP contribution in [0.1, 0.15) is 13.8 Å². The van der Waals surface area contributed by atoms with E-state index in [-0.39, 0.29) is 11.7 Å². The summed E-state index contributed by atoms with van der Waals surface area (Å²) in [4.78, 5) is 23.2. The zero-order valence-corrected chi connectivity index (χ0v) is 12.7. The molecule has 7 heteroatoms. The molecule has 1 amide bonds. The van der Waals surface area contributed by atoms with Crippen LogP contribution in [0.4, 0.5) is 0 Å². The van der Waals surface area contributed by atoms with Gasteiger partial charge in [-0.25, -0.2) is 4.79 Å². The number of hydrogen-bond donors (Lipinski definition) is 2. The van der Waals surface area contributed by atoms with E-state index < -0.39 is 11.5 Å². The Morgan fingerprint density at radius 2 is 2.00 bits per heavy atom. The minimum absolute atomic E-state index is 0.0662. The first-order valence-electron chi connectivity index (χ1n) is 5.34. The molecule has 0 unspecified atom stereocenters. The van der Waals surface area contributed by atoms with Gasteiger partial charge in [0.2, 0.25) is 5.91 Å². The Bertz CT molecular complexity index is 506. The summed E-state index contributed by atoms with van der Waals surface area (Å²) in [5.74, 6) is -1.41. The summed E-state index contributed by atoms with van der Waals surface area (Å²) >= 11 is 13.0. The van der Waals surface area contributed by atoms with Gasteiger partial charge < -0.3 is 10.4 Å². The second kappa shape index (κ2) is 6.50. The molecule has 0 heterocycles. The average Bonchev–Trinajstić information content (AvgIpc) is 2.29. The van der Waals surface area contributed by atoms with Crippen LogP contribution in [0.3, 0.4) is 0 Å². The van der Waals surface area contributed by atoms with E-state index >= 15 is 0 Å². The fourth-order valence-electron chi connectivity index (χ4n) is 1.17. The highest BCUT2D eigenvalue weighted by molar-refractivity contribution is 8.00. The van der Waals surface area contributed by atoms with Crippen LogP contribution in [-0.2, 0) is 9.59 Å². The predicted molar refractivity (Wildman–Crippen MR) is 77.0 cm³/mol. The highest BCUT2D eigenvalue weighted by atomic mass is 35.5. The van der Waals surface area contributed by atoms with Gasteiger partial charge in [0, 0.05) is 9.92 Å². The fourth-order valence-corrected chi connectivity index (χ4v) is 2.46. The number of carboxylic acids is 1. The highest BCUT2D eigenvalue weighted by Crippen LogP contribution is 2.29. The number of carbonyl (C=O) groups excluding carboxylic acids is 1. The Labute approximate surface area is 125 Å². The summed E-state index contributed by atoms with van der Waals surface area (Å²) in [6.45, 7) is 2.84. The predicted octanol–water partition coefficient (Wildman–Crippen LogP) is 3.06. The van der Waals surface area contributed by atoms with Crippen molar-refractivity contribution in [3.8, 4) is 0 Å². The van der Waals surface area contributed by atoms with E-state index in [2.05, 4.69) is 5.32 Å².